The predicted octanol–water partition coefficient (Wildman–Crippen LogP) is 2.25. The molecule has 1 aromatic heterocycles. The van der Waals surface area contributed by atoms with Crippen molar-refractivity contribution in [3.8, 4) is 0 Å². The zero-order valence-electron chi connectivity index (χ0n) is 9.16. The first kappa shape index (κ1) is 10.1. The molecule has 0 aromatic carbocycles. The summed E-state index contributed by atoms with van der Waals surface area (Å²) in [6.45, 7) is 0.841. The summed E-state index contributed by atoms with van der Waals surface area (Å²) in [6, 6.07) is 1.79. The number of amides is 1. The van der Waals surface area contributed by atoms with Crippen LogP contribution >= 0.6 is 11.3 Å². The molecule has 86 valence electrons. The number of anilines is 1. The Morgan fingerprint density at radius 3 is 2.81 bits per heavy atom. The van der Waals surface area contributed by atoms with E-state index in [1.54, 1.807) is 6.07 Å². The van der Waals surface area contributed by atoms with Gasteiger partial charge in [-0.1, -0.05) is 0 Å². The average molecular weight is 236 g/mol. The molecule has 4 heteroatoms. The second-order valence-corrected chi connectivity index (χ2v) is 5.94. The number of rotatable bonds is 4. The number of carbonyl (C=O) groups excluding carboxylic acids is 1. The molecule has 2 aliphatic rings. The number of hydrogen-bond donors (Lipinski definition) is 2. The molecule has 0 spiro atoms. The van der Waals surface area contributed by atoms with Gasteiger partial charge in [-0.05, 0) is 48.5 Å². The van der Waals surface area contributed by atoms with Crippen LogP contribution in [0.5, 0.6) is 0 Å². The third kappa shape index (κ3) is 1.71. The minimum absolute atomic E-state index is 0.000532. The average Bonchev–Trinajstić information content (AvgIpc) is 3.14. The van der Waals surface area contributed by atoms with Gasteiger partial charge in [-0.15, -0.1) is 11.3 Å². The molecule has 0 radical (unpaired) electrons. The molecule has 3 rings (SSSR count). The number of nitrogens with one attached hydrogen (secondary N) is 1. The van der Waals surface area contributed by atoms with E-state index in [2.05, 4.69) is 5.32 Å². The molecule has 1 amide bonds. The van der Waals surface area contributed by atoms with Gasteiger partial charge in [-0.3, -0.25) is 4.79 Å². The van der Waals surface area contributed by atoms with Crippen molar-refractivity contribution in [1.29, 1.82) is 0 Å². The zero-order valence-corrected chi connectivity index (χ0v) is 9.98. The Morgan fingerprint density at radius 1 is 1.56 bits per heavy atom. The topological polar surface area (TPSA) is 55.1 Å². The number of carbonyl (C=O) groups is 1. The van der Waals surface area contributed by atoms with Crippen molar-refractivity contribution in [3.05, 3.63) is 16.3 Å². The fraction of sp³-hybridized carbons (Fsp3) is 0.583. The first-order valence-electron chi connectivity index (χ1n) is 5.82. The minimum Gasteiger partial charge on any atom is -0.397 e. The molecule has 0 unspecified atom stereocenters. The lowest BCUT2D eigenvalue weighted by atomic mass is 10.0. The quantitative estimate of drug-likeness (QED) is 0.842. The standard InChI is InChI=1S/C12H16N2OS/c13-9-3-6-16-10(9)11(15)14-7-12(4-5-12)8-1-2-8/h3,6,8H,1-2,4-5,7,13H2,(H,14,15). The van der Waals surface area contributed by atoms with E-state index in [0.29, 0.717) is 16.0 Å². The summed E-state index contributed by atoms with van der Waals surface area (Å²) in [5.41, 5.74) is 6.77. The van der Waals surface area contributed by atoms with E-state index >= 15 is 0 Å². The molecule has 0 aliphatic heterocycles. The molecule has 0 bridgehead atoms. The van der Waals surface area contributed by atoms with Crippen LogP contribution in [-0.2, 0) is 0 Å². The lowest BCUT2D eigenvalue weighted by molar-refractivity contribution is 0.0947. The Kier molecular flexibility index (Phi) is 2.21. The van der Waals surface area contributed by atoms with Gasteiger partial charge in [0.15, 0.2) is 0 Å². The molecule has 0 atom stereocenters. The summed E-state index contributed by atoms with van der Waals surface area (Å²) >= 11 is 1.42. The van der Waals surface area contributed by atoms with Gasteiger partial charge < -0.3 is 11.1 Å². The van der Waals surface area contributed by atoms with Gasteiger partial charge in [-0.25, -0.2) is 0 Å². The van der Waals surface area contributed by atoms with Crippen molar-refractivity contribution in [1.82, 2.24) is 5.32 Å². The van der Waals surface area contributed by atoms with Crippen molar-refractivity contribution in [2.45, 2.75) is 25.7 Å². The Morgan fingerprint density at radius 2 is 2.31 bits per heavy atom. The Labute approximate surface area is 99.0 Å². The summed E-state index contributed by atoms with van der Waals surface area (Å²) in [6.07, 6.45) is 5.30. The molecule has 2 fully saturated rings. The van der Waals surface area contributed by atoms with Crippen molar-refractivity contribution in [2.24, 2.45) is 11.3 Å². The van der Waals surface area contributed by atoms with Crippen molar-refractivity contribution in [3.63, 3.8) is 0 Å². The summed E-state index contributed by atoms with van der Waals surface area (Å²) in [7, 11) is 0. The van der Waals surface area contributed by atoms with Crippen LogP contribution in [-0.4, -0.2) is 12.5 Å². The highest BCUT2D eigenvalue weighted by molar-refractivity contribution is 7.12. The summed E-state index contributed by atoms with van der Waals surface area (Å²) < 4.78 is 0. The Hall–Kier alpha value is -1.03. The smallest absolute Gasteiger partial charge is 0.263 e. The molecule has 3 nitrogen and oxygen atoms in total. The third-order valence-corrected chi connectivity index (χ3v) is 4.77. The van der Waals surface area contributed by atoms with Crippen LogP contribution in [0.1, 0.15) is 35.4 Å². The SMILES string of the molecule is Nc1ccsc1C(=O)NCC1(C2CC2)CC1. The van der Waals surface area contributed by atoms with Crippen molar-refractivity contribution in [2.75, 3.05) is 12.3 Å². The highest BCUT2D eigenvalue weighted by atomic mass is 32.1. The van der Waals surface area contributed by atoms with E-state index < -0.39 is 0 Å². The second-order valence-electron chi connectivity index (χ2n) is 5.02. The molecular formula is C12H16N2OS. The molecule has 3 N–H and O–H groups in total. The van der Waals surface area contributed by atoms with Crippen LogP contribution in [0.25, 0.3) is 0 Å². The van der Waals surface area contributed by atoms with Crippen LogP contribution in [0.2, 0.25) is 0 Å². The van der Waals surface area contributed by atoms with E-state index in [1.807, 2.05) is 5.38 Å². The maximum atomic E-state index is 11.9. The summed E-state index contributed by atoms with van der Waals surface area (Å²) in [5.74, 6) is 0.882. The fourth-order valence-electron chi connectivity index (χ4n) is 2.43. The highest BCUT2D eigenvalue weighted by Gasteiger charge is 2.53. The van der Waals surface area contributed by atoms with Crippen LogP contribution in [0.3, 0.4) is 0 Å². The summed E-state index contributed by atoms with van der Waals surface area (Å²) in [5, 5.41) is 4.90. The van der Waals surface area contributed by atoms with E-state index in [0.717, 1.165) is 12.5 Å². The van der Waals surface area contributed by atoms with E-state index in [-0.39, 0.29) is 5.91 Å². The van der Waals surface area contributed by atoms with Gasteiger partial charge >= 0.3 is 0 Å². The molecule has 16 heavy (non-hydrogen) atoms. The fourth-order valence-corrected chi connectivity index (χ4v) is 3.16. The summed E-state index contributed by atoms with van der Waals surface area (Å²) in [4.78, 5) is 12.5. The van der Waals surface area contributed by atoms with E-state index in [1.165, 1.54) is 37.0 Å². The lowest BCUT2D eigenvalue weighted by Crippen LogP contribution is -2.31. The molecule has 2 saturated carbocycles. The molecule has 2 aliphatic carbocycles. The van der Waals surface area contributed by atoms with Gasteiger partial charge in [0.25, 0.3) is 5.91 Å². The van der Waals surface area contributed by atoms with Crippen LogP contribution in [0, 0.1) is 11.3 Å². The Bertz CT molecular complexity index is 418. The lowest BCUT2D eigenvalue weighted by Gasteiger charge is -2.14. The molecule has 0 saturated heterocycles. The Balaban J connectivity index is 1.59. The van der Waals surface area contributed by atoms with Crippen LogP contribution in [0.15, 0.2) is 11.4 Å². The largest absolute Gasteiger partial charge is 0.397 e. The number of nitrogens with two attached hydrogens (primary N) is 1. The number of thiophene rings is 1. The first-order chi connectivity index (χ1) is 7.71. The van der Waals surface area contributed by atoms with Crippen molar-refractivity contribution < 1.29 is 4.79 Å². The maximum Gasteiger partial charge on any atom is 0.263 e. The van der Waals surface area contributed by atoms with Gasteiger partial charge in [0, 0.05) is 6.54 Å². The van der Waals surface area contributed by atoms with Crippen LogP contribution in [0.4, 0.5) is 5.69 Å². The maximum absolute atomic E-state index is 11.9. The first-order valence-corrected chi connectivity index (χ1v) is 6.70. The van der Waals surface area contributed by atoms with Crippen molar-refractivity contribution >= 4 is 22.9 Å². The van der Waals surface area contributed by atoms with Gasteiger partial charge in [0.2, 0.25) is 0 Å². The van der Waals surface area contributed by atoms with E-state index in [4.69, 9.17) is 5.73 Å². The molecule has 1 heterocycles. The third-order valence-electron chi connectivity index (χ3n) is 3.84. The minimum atomic E-state index is -0.000532. The number of hydrogen-bond acceptors (Lipinski definition) is 3. The normalized spacial score (nSPS) is 21.8. The zero-order chi connectivity index (χ0) is 11.2. The van der Waals surface area contributed by atoms with E-state index in [9.17, 15) is 4.79 Å². The molecule has 1 aromatic rings. The predicted molar refractivity (Wildman–Crippen MR) is 65.5 cm³/mol. The van der Waals surface area contributed by atoms with Gasteiger partial charge in [0.1, 0.15) is 4.88 Å². The highest BCUT2D eigenvalue weighted by Crippen LogP contribution is 2.60. The van der Waals surface area contributed by atoms with Crippen LogP contribution < -0.4 is 11.1 Å². The molecular weight excluding hydrogens is 220 g/mol. The van der Waals surface area contributed by atoms with Gasteiger partial charge in [0.05, 0.1) is 5.69 Å². The number of nitrogen functional groups attached to an aromatic ring is 1. The monoisotopic (exact) mass is 236 g/mol. The second kappa shape index (κ2) is 3.48. The van der Waals surface area contributed by atoms with Gasteiger partial charge in [-0.2, -0.15) is 0 Å².